The minimum absolute atomic E-state index is 0.461. The molecule has 1 aromatic heterocycles. The van der Waals surface area contributed by atoms with Gasteiger partial charge in [0, 0.05) is 23.8 Å². The molecule has 15 heavy (non-hydrogen) atoms. The molecule has 2 aromatic rings. The molecule has 0 saturated carbocycles. The average Bonchev–Trinajstić information content (AvgIpc) is 2.55. The zero-order chi connectivity index (χ0) is 11.0. The maximum Gasteiger partial charge on any atom is 0.0488 e. The van der Waals surface area contributed by atoms with Crippen LogP contribution in [0.15, 0.2) is 24.3 Å². The van der Waals surface area contributed by atoms with E-state index in [4.69, 9.17) is 5.73 Å². The molecule has 2 N–H and O–H groups in total. The first kappa shape index (κ1) is 10.2. The third-order valence-corrected chi connectivity index (χ3v) is 2.80. The third-order valence-electron chi connectivity index (χ3n) is 2.80. The van der Waals surface area contributed by atoms with Gasteiger partial charge in [0.25, 0.3) is 0 Å². The van der Waals surface area contributed by atoms with Crippen molar-refractivity contribution in [2.24, 2.45) is 5.73 Å². The Kier molecular flexibility index (Phi) is 2.53. The monoisotopic (exact) mass is 202 g/mol. The van der Waals surface area contributed by atoms with E-state index in [2.05, 4.69) is 49.6 Å². The molecule has 0 aliphatic heterocycles. The molecule has 0 unspecified atom stereocenters. The van der Waals surface area contributed by atoms with E-state index in [9.17, 15) is 0 Å². The van der Waals surface area contributed by atoms with Crippen LogP contribution in [0, 0.1) is 6.92 Å². The van der Waals surface area contributed by atoms with Gasteiger partial charge < -0.3 is 10.3 Å². The highest BCUT2D eigenvalue weighted by molar-refractivity contribution is 5.82. The Balaban J connectivity index is 2.76. The van der Waals surface area contributed by atoms with Crippen molar-refractivity contribution < 1.29 is 0 Å². The predicted molar refractivity (Wildman–Crippen MR) is 65.0 cm³/mol. The van der Waals surface area contributed by atoms with Crippen LogP contribution in [-0.4, -0.2) is 4.57 Å². The summed E-state index contributed by atoms with van der Waals surface area (Å²) in [6, 6.07) is 9.20. The lowest BCUT2D eigenvalue weighted by molar-refractivity contribution is 0.595. The SMILES string of the molecule is Cc1ccc2cc(CN)n(C(C)C)c2c1. The molecule has 1 heterocycles. The summed E-state index contributed by atoms with van der Waals surface area (Å²) >= 11 is 0. The second kappa shape index (κ2) is 3.70. The summed E-state index contributed by atoms with van der Waals surface area (Å²) in [4.78, 5) is 0. The normalized spacial score (nSPS) is 11.5. The maximum absolute atomic E-state index is 5.77. The molecule has 2 heteroatoms. The molecule has 2 rings (SSSR count). The van der Waals surface area contributed by atoms with Crippen molar-refractivity contribution >= 4 is 10.9 Å². The first-order valence-electron chi connectivity index (χ1n) is 5.44. The van der Waals surface area contributed by atoms with E-state index < -0.39 is 0 Å². The lowest BCUT2D eigenvalue weighted by atomic mass is 10.2. The maximum atomic E-state index is 5.77. The van der Waals surface area contributed by atoms with E-state index in [-0.39, 0.29) is 0 Å². The van der Waals surface area contributed by atoms with E-state index in [0.29, 0.717) is 12.6 Å². The summed E-state index contributed by atoms with van der Waals surface area (Å²) in [5.41, 5.74) is 9.58. The van der Waals surface area contributed by atoms with Gasteiger partial charge in [-0.15, -0.1) is 0 Å². The van der Waals surface area contributed by atoms with Crippen molar-refractivity contribution in [1.29, 1.82) is 0 Å². The Labute approximate surface area is 90.7 Å². The van der Waals surface area contributed by atoms with Crippen LogP contribution >= 0.6 is 0 Å². The molecule has 0 aliphatic rings. The Morgan fingerprint density at radius 2 is 2.00 bits per heavy atom. The van der Waals surface area contributed by atoms with Crippen molar-refractivity contribution in [1.82, 2.24) is 4.57 Å². The van der Waals surface area contributed by atoms with Crippen LogP contribution in [-0.2, 0) is 6.54 Å². The van der Waals surface area contributed by atoms with Gasteiger partial charge in [0.2, 0.25) is 0 Å². The second-order valence-electron chi connectivity index (χ2n) is 4.37. The number of hydrogen-bond donors (Lipinski definition) is 1. The first-order chi connectivity index (χ1) is 7.13. The van der Waals surface area contributed by atoms with Crippen molar-refractivity contribution in [3.8, 4) is 0 Å². The molecular weight excluding hydrogens is 184 g/mol. The van der Waals surface area contributed by atoms with Crippen molar-refractivity contribution in [3.63, 3.8) is 0 Å². The van der Waals surface area contributed by atoms with Crippen LogP contribution in [0.2, 0.25) is 0 Å². The highest BCUT2D eigenvalue weighted by atomic mass is 15.0. The molecule has 0 fully saturated rings. The van der Waals surface area contributed by atoms with Crippen LogP contribution in [0.25, 0.3) is 10.9 Å². The highest BCUT2D eigenvalue weighted by Gasteiger charge is 2.09. The molecular formula is C13H18N2. The van der Waals surface area contributed by atoms with Gasteiger partial charge in [-0.05, 0) is 43.9 Å². The molecule has 80 valence electrons. The molecule has 1 aromatic carbocycles. The van der Waals surface area contributed by atoms with Gasteiger partial charge in [0.15, 0.2) is 0 Å². The molecule has 0 bridgehead atoms. The second-order valence-corrected chi connectivity index (χ2v) is 4.37. The minimum Gasteiger partial charge on any atom is -0.341 e. The van der Waals surface area contributed by atoms with E-state index in [0.717, 1.165) is 0 Å². The van der Waals surface area contributed by atoms with Gasteiger partial charge in [-0.25, -0.2) is 0 Å². The molecule has 0 spiro atoms. The largest absolute Gasteiger partial charge is 0.341 e. The van der Waals surface area contributed by atoms with Gasteiger partial charge in [-0.3, -0.25) is 0 Å². The molecule has 0 aliphatic carbocycles. The van der Waals surface area contributed by atoms with Crippen LogP contribution in [0.5, 0.6) is 0 Å². The molecule has 0 saturated heterocycles. The zero-order valence-corrected chi connectivity index (χ0v) is 9.62. The van der Waals surface area contributed by atoms with Gasteiger partial charge in [-0.1, -0.05) is 12.1 Å². The Morgan fingerprint density at radius 1 is 1.27 bits per heavy atom. The molecule has 0 atom stereocenters. The number of aromatic nitrogens is 1. The summed E-state index contributed by atoms with van der Waals surface area (Å²) in [6.07, 6.45) is 0. The summed E-state index contributed by atoms with van der Waals surface area (Å²) < 4.78 is 2.32. The smallest absolute Gasteiger partial charge is 0.0488 e. The number of fused-ring (bicyclic) bond motifs is 1. The van der Waals surface area contributed by atoms with Crippen molar-refractivity contribution in [2.75, 3.05) is 0 Å². The van der Waals surface area contributed by atoms with Crippen LogP contribution in [0.1, 0.15) is 31.1 Å². The number of nitrogens with two attached hydrogens (primary N) is 1. The lowest BCUT2D eigenvalue weighted by Gasteiger charge is -2.13. The highest BCUT2D eigenvalue weighted by Crippen LogP contribution is 2.24. The van der Waals surface area contributed by atoms with E-state index >= 15 is 0 Å². The van der Waals surface area contributed by atoms with Gasteiger partial charge in [-0.2, -0.15) is 0 Å². The van der Waals surface area contributed by atoms with Gasteiger partial charge in [0.1, 0.15) is 0 Å². The quantitative estimate of drug-likeness (QED) is 0.797. The first-order valence-corrected chi connectivity index (χ1v) is 5.44. The molecule has 0 amide bonds. The number of rotatable bonds is 2. The number of aryl methyl sites for hydroxylation is 1. The van der Waals surface area contributed by atoms with E-state index in [1.165, 1.54) is 22.2 Å². The standard InChI is InChI=1S/C13H18N2/c1-9(2)15-12(8-14)7-11-5-4-10(3)6-13(11)15/h4-7,9H,8,14H2,1-3H3. The Bertz CT molecular complexity index is 480. The van der Waals surface area contributed by atoms with E-state index in [1.54, 1.807) is 0 Å². The van der Waals surface area contributed by atoms with Crippen LogP contribution in [0.4, 0.5) is 0 Å². The molecule has 2 nitrogen and oxygen atoms in total. The Morgan fingerprint density at radius 3 is 2.60 bits per heavy atom. The van der Waals surface area contributed by atoms with Gasteiger partial charge >= 0.3 is 0 Å². The fraction of sp³-hybridized carbons (Fsp3) is 0.385. The van der Waals surface area contributed by atoms with Crippen molar-refractivity contribution in [2.45, 2.75) is 33.4 Å². The van der Waals surface area contributed by atoms with Crippen LogP contribution in [0.3, 0.4) is 0 Å². The van der Waals surface area contributed by atoms with E-state index in [1.807, 2.05) is 0 Å². The Hall–Kier alpha value is -1.28. The number of benzene rings is 1. The topological polar surface area (TPSA) is 30.9 Å². The third kappa shape index (κ3) is 1.65. The fourth-order valence-corrected chi connectivity index (χ4v) is 2.16. The summed E-state index contributed by atoms with van der Waals surface area (Å²) in [5, 5.41) is 1.29. The van der Waals surface area contributed by atoms with Crippen molar-refractivity contribution in [3.05, 3.63) is 35.5 Å². The van der Waals surface area contributed by atoms with Crippen LogP contribution < -0.4 is 5.73 Å². The lowest BCUT2D eigenvalue weighted by Crippen LogP contribution is -2.09. The molecule has 0 radical (unpaired) electrons. The summed E-state index contributed by atoms with van der Waals surface area (Å²) in [6.45, 7) is 7.12. The summed E-state index contributed by atoms with van der Waals surface area (Å²) in [5.74, 6) is 0. The number of nitrogens with zero attached hydrogens (tertiary/aromatic N) is 1. The summed E-state index contributed by atoms with van der Waals surface area (Å²) in [7, 11) is 0. The fourth-order valence-electron chi connectivity index (χ4n) is 2.16. The minimum atomic E-state index is 0.461. The zero-order valence-electron chi connectivity index (χ0n) is 9.62. The average molecular weight is 202 g/mol. The number of hydrogen-bond acceptors (Lipinski definition) is 1. The van der Waals surface area contributed by atoms with Gasteiger partial charge in [0.05, 0.1) is 0 Å². The predicted octanol–water partition coefficient (Wildman–Crippen LogP) is 2.99.